The lowest BCUT2D eigenvalue weighted by atomic mass is 10.1. The molecule has 1 N–H and O–H groups in total. The lowest BCUT2D eigenvalue weighted by Gasteiger charge is -2.15. The van der Waals surface area contributed by atoms with Crippen LogP contribution in [-0.2, 0) is 16.1 Å². The monoisotopic (exact) mass is 394 g/mol. The van der Waals surface area contributed by atoms with Gasteiger partial charge in [0.15, 0.2) is 17.6 Å². The fourth-order valence-electron chi connectivity index (χ4n) is 2.87. The Balaban J connectivity index is 1.62. The number of hydrogen-bond donors (Lipinski definition) is 1. The van der Waals surface area contributed by atoms with Gasteiger partial charge in [0, 0.05) is 18.1 Å². The molecule has 0 radical (unpaired) electrons. The molecule has 2 aromatic carbocycles. The fraction of sp³-hybridized carbons (Fsp3) is 0.227. The normalized spacial score (nSPS) is 11.6. The number of nitrogens with one attached hydrogen (secondary N) is 1. The molecule has 150 valence electrons. The van der Waals surface area contributed by atoms with E-state index in [1.807, 2.05) is 18.2 Å². The second-order valence-corrected chi connectivity index (χ2v) is 6.34. The predicted molar refractivity (Wildman–Crippen MR) is 108 cm³/mol. The van der Waals surface area contributed by atoms with Crippen LogP contribution in [0, 0.1) is 0 Å². The minimum Gasteiger partial charge on any atom is -0.493 e. The molecule has 1 amide bonds. The topological polar surface area (TPSA) is 86.8 Å². The zero-order valence-corrected chi connectivity index (χ0v) is 16.5. The third kappa shape index (κ3) is 4.63. The molecule has 7 nitrogen and oxygen atoms in total. The smallest absolute Gasteiger partial charge is 0.341 e. The highest BCUT2D eigenvalue weighted by Gasteiger charge is 2.20. The summed E-state index contributed by atoms with van der Waals surface area (Å²) in [5, 5.41) is 3.58. The summed E-state index contributed by atoms with van der Waals surface area (Å²) in [6, 6.07) is 14.3. The van der Waals surface area contributed by atoms with Gasteiger partial charge in [-0.1, -0.05) is 24.3 Å². The standard InChI is InChI=1S/C22H22N2O5/c1-14(21(25)24-13-15-9-10-18(27-2)19(12-15)28-3)29-22(26)17-8-4-6-16-7-5-11-23-20(16)17/h4-12,14H,13H2,1-3H3,(H,24,25)/t14-/m1/s1. The number of hydrogen-bond acceptors (Lipinski definition) is 6. The van der Waals surface area contributed by atoms with Crippen molar-refractivity contribution in [3.05, 3.63) is 65.9 Å². The SMILES string of the molecule is COc1ccc(CNC(=O)[C@@H](C)OC(=O)c2cccc3cccnc23)cc1OC. The molecule has 0 spiro atoms. The number of carbonyl (C=O) groups is 2. The number of aromatic nitrogens is 1. The zero-order valence-electron chi connectivity index (χ0n) is 16.5. The second-order valence-electron chi connectivity index (χ2n) is 6.34. The van der Waals surface area contributed by atoms with Crippen LogP contribution in [0.3, 0.4) is 0 Å². The Labute approximate surface area is 168 Å². The van der Waals surface area contributed by atoms with Crippen LogP contribution >= 0.6 is 0 Å². The van der Waals surface area contributed by atoms with Gasteiger partial charge in [-0.3, -0.25) is 9.78 Å². The van der Waals surface area contributed by atoms with E-state index in [4.69, 9.17) is 14.2 Å². The number of carbonyl (C=O) groups excluding carboxylic acids is 2. The number of esters is 1. The molecule has 1 atom stereocenters. The van der Waals surface area contributed by atoms with Gasteiger partial charge in [0.2, 0.25) is 0 Å². The molecule has 0 unspecified atom stereocenters. The van der Waals surface area contributed by atoms with E-state index < -0.39 is 18.0 Å². The van der Waals surface area contributed by atoms with Crippen molar-refractivity contribution in [3.8, 4) is 11.5 Å². The van der Waals surface area contributed by atoms with E-state index in [2.05, 4.69) is 10.3 Å². The maximum Gasteiger partial charge on any atom is 0.341 e. The lowest BCUT2D eigenvalue weighted by molar-refractivity contribution is -0.129. The van der Waals surface area contributed by atoms with Gasteiger partial charge in [-0.05, 0) is 36.8 Å². The first-order valence-corrected chi connectivity index (χ1v) is 9.07. The second kappa shape index (κ2) is 9.05. The van der Waals surface area contributed by atoms with E-state index in [9.17, 15) is 9.59 Å². The number of methoxy groups -OCH3 is 2. The molecule has 0 aliphatic rings. The molecule has 0 saturated heterocycles. The predicted octanol–water partition coefficient (Wildman–Crippen LogP) is 3.11. The Morgan fingerprint density at radius 1 is 1.03 bits per heavy atom. The Hall–Kier alpha value is -3.61. The van der Waals surface area contributed by atoms with Crippen LogP contribution < -0.4 is 14.8 Å². The summed E-state index contributed by atoms with van der Waals surface area (Å²) in [7, 11) is 3.10. The summed E-state index contributed by atoms with van der Waals surface area (Å²) in [5.41, 5.74) is 1.69. The van der Waals surface area contributed by atoms with Crippen molar-refractivity contribution < 1.29 is 23.8 Å². The van der Waals surface area contributed by atoms with Crippen molar-refractivity contribution in [3.63, 3.8) is 0 Å². The van der Waals surface area contributed by atoms with Gasteiger partial charge in [0.05, 0.1) is 25.3 Å². The van der Waals surface area contributed by atoms with Gasteiger partial charge >= 0.3 is 5.97 Å². The number of pyridine rings is 1. The van der Waals surface area contributed by atoms with Crippen molar-refractivity contribution in [2.24, 2.45) is 0 Å². The van der Waals surface area contributed by atoms with Gasteiger partial charge in [0.25, 0.3) is 5.91 Å². The Morgan fingerprint density at radius 2 is 1.79 bits per heavy atom. The highest BCUT2D eigenvalue weighted by atomic mass is 16.5. The summed E-state index contributed by atoms with van der Waals surface area (Å²) >= 11 is 0. The first-order chi connectivity index (χ1) is 14.0. The molecule has 29 heavy (non-hydrogen) atoms. The van der Waals surface area contributed by atoms with Gasteiger partial charge < -0.3 is 19.5 Å². The van der Waals surface area contributed by atoms with Crippen LogP contribution in [0.15, 0.2) is 54.7 Å². The third-order valence-corrected chi connectivity index (χ3v) is 4.42. The van der Waals surface area contributed by atoms with Crippen LogP contribution in [-0.4, -0.2) is 37.2 Å². The van der Waals surface area contributed by atoms with E-state index >= 15 is 0 Å². The van der Waals surface area contributed by atoms with Crippen molar-refractivity contribution in [2.75, 3.05) is 14.2 Å². The van der Waals surface area contributed by atoms with Crippen LogP contribution in [0.5, 0.6) is 11.5 Å². The first kappa shape index (κ1) is 20.1. The molecule has 0 fully saturated rings. The number of rotatable bonds is 7. The third-order valence-electron chi connectivity index (χ3n) is 4.42. The van der Waals surface area contributed by atoms with Crippen molar-refractivity contribution in [1.82, 2.24) is 10.3 Å². The molecule has 1 heterocycles. The van der Waals surface area contributed by atoms with E-state index in [-0.39, 0.29) is 6.54 Å². The maximum absolute atomic E-state index is 12.5. The first-order valence-electron chi connectivity index (χ1n) is 9.07. The molecule has 3 aromatic rings. The lowest BCUT2D eigenvalue weighted by Crippen LogP contribution is -2.35. The summed E-state index contributed by atoms with van der Waals surface area (Å²) in [5.74, 6) is 0.181. The van der Waals surface area contributed by atoms with Crippen LogP contribution in [0.4, 0.5) is 0 Å². The van der Waals surface area contributed by atoms with Crippen LogP contribution in [0.25, 0.3) is 10.9 Å². The van der Waals surface area contributed by atoms with Crippen molar-refractivity contribution in [1.29, 1.82) is 0 Å². The quantitative estimate of drug-likeness (QED) is 0.620. The average molecular weight is 394 g/mol. The minimum atomic E-state index is -0.957. The summed E-state index contributed by atoms with van der Waals surface area (Å²) in [4.78, 5) is 29.1. The van der Waals surface area contributed by atoms with Crippen LogP contribution in [0.1, 0.15) is 22.8 Å². The summed E-state index contributed by atoms with van der Waals surface area (Å²) in [6.07, 6.45) is 0.653. The van der Waals surface area contributed by atoms with Gasteiger partial charge in [-0.2, -0.15) is 0 Å². The van der Waals surface area contributed by atoms with E-state index in [0.29, 0.717) is 22.6 Å². The van der Waals surface area contributed by atoms with E-state index in [1.54, 1.807) is 50.7 Å². The molecule has 7 heteroatoms. The average Bonchev–Trinajstić information content (AvgIpc) is 2.76. The van der Waals surface area contributed by atoms with Gasteiger partial charge in [-0.25, -0.2) is 4.79 Å². The van der Waals surface area contributed by atoms with Gasteiger partial charge in [-0.15, -0.1) is 0 Å². The molecular formula is C22H22N2O5. The number of benzene rings is 2. The number of para-hydroxylation sites is 1. The Kier molecular flexibility index (Phi) is 6.29. The molecule has 0 aliphatic heterocycles. The number of nitrogens with zero attached hydrogens (tertiary/aromatic N) is 1. The Bertz CT molecular complexity index is 1030. The largest absolute Gasteiger partial charge is 0.493 e. The van der Waals surface area contributed by atoms with Crippen molar-refractivity contribution >= 4 is 22.8 Å². The molecular weight excluding hydrogens is 372 g/mol. The van der Waals surface area contributed by atoms with Gasteiger partial charge in [0.1, 0.15) is 0 Å². The molecule has 0 aliphatic carbocycles. The fourth-order valence-corrected chi connectivity index (χ4v) is 2.87. The number of fused-ring (bicyclic) bond motifs is 1. The number of ether oxygens (including phenoxy) is 3. The van der Waals surface area contributed by atoms with Crippen LogP contribution in [0.2, 0.25) is 0 Å². The maximum atomic E-state index is 12.5. The zero-order chi connectivity index (χ0) is 20.8. The molecule has 1 aromatic heterocycles. The van der Waals surface area contributed by atoms with Crippen molar-refractivity contribution in [2.45, 2.75) is 19.6 Å². The highest BCUT2D eigenvalue weighted by molar-refractivity contribution is 6.03. The Morgan fingerprint density at radius 3 is 2.55 bits per heavy atom. The van der Waals surface area contributed by atoms with E-state index in [1.165, 1.54) is 6.92 Å². The summed E-state index contributed by atoms with van der Waals surface area (Å²) in [6.45, 7) is 1.79. The highest BCUT2D eigenvalue weighted by Crippen LogP contribution is 2.27. The molecule has 0 saturated carbocycles. The number of amides is 1. The van der Waals surface area contributed by atoms with E-state index in [0.717, 1.165) is 10.9 Å². The molecule has 0 bridgehead atoms. The molecule has 3 rings (SSSR count). The summed E-state index contributed by atoms with van der Waals surface area (Å²) < 4.78 is 15.8. The minimum absolute atomic E-state index is 0.261.